The summed E-state index contributed by atoms with van der Waals surface area (Å²) in [4.78, 5) is 29.3. The van der Waals surface area contributed by atoms with E-state index in [-0.39, 0.29) is 17.7 Å². The summed E-state index contributed by atoms with van der Waals surface area (Å²) in [6.07, 6.45) is 1.30. The Morgan fingerprint density at radius 2 is 2.20 bits per heavy atom. The molecular weight excluding hydrogens is 280 g/mol. The summed E-state index contributed by atoms with van der Waals surface area (Å²) in [5.41, 5.74) is 2.16. The van der Waals surface area contributed by atoms with Gasteiger partial charge in [0, 0.05) is 19.0 Å². The molecule has 4 N–H and O–H groups in total. The van der Waals surface area contributed by atoms with Gasteiger partial charge in [-0.2, -0.15) is 0 Å². The number of aryl methyl sites for hydroxylation is 1. The van der Waals surface area contributed by atoms with E-state index in [1.54, 1.807) is 4.90 Å². The molecule has 0 aliphatic carbocycles. The summed E-state index contributed by atoms with van der Waals surface area (Å²) in [6.45, 7) is 2.99. The topological polar surface area (TPSA) is 117 Å². The van der Waals surface area contributed by atoms with Crippen LogP contribution in [0.15, 0.2) is 5.16 Å². The zero-order valence-corrected chi connectivity index (χ0v) is 12.1. The van der Waals surface area contributed by atoms with Crippen LogP contribution in [0.4, 0.5) is 0 Å². The van der Waals surface area contributed by atoms with Gasteiger partial charge in [0.05, 0.1) is 5.75 Å². The van der Waals surface area contributed by atoms with Gasteiger partial charge in [-0.05, 0) is 19.8 Å². The number of thioether (sulfide) groups is 1. The van der Waals surface area contributed by atoms with E-state index in [1.807, 2.05) is 6.92 Å². The number of hydrogen-bond donors (Lipinski definition) is 3. The van der Waals surface area contributed by atoms with Crippen LogP contribution in [0, 0.1) is 12.8 Å². The van der Waals surface area contributed by atoms with Gasteiger partial charge in [-0.3, -0.25) is 20.1 Å². The fraction of sp³-hybridized carbons (Fsp3) is 0.636. The van der Waals surface area contributed by atoms with Gasteiger partial charge < -0.3 is 4.90 Å². The van der Waals surface area contributed by atoms with E-state index < -0.39 is 0 Å². The predicted molar refractivity (Wildman–Crippen MR) is 73.5 cm³/mol. The van der Waals surface area contributed by atoms with Crippen molar-refractivity contribution in [3.05, 3.63) is 5.82 Å². The first-order valence-electron chi connectivity index (χ1n) is 6.40. The Balaban J connectivity index is 1.76. The van der Waals surface area contributed by atoms with Crippen molar-refractivity contribution in [1.29, 1.82) is 0 Å². The first kappa shape index (κ1) is 14.8. The maximum atomic E-state index is 12.0. The van der Waals surface area contributed by atoms with Crippen LogP contribution in [0.5, 0.6) is 0 Å². The molecule has 1 aromatic rings. The lowest BCUT2D eigenvalue weighted by Crippen LogP contribution is -2.45. The lowest BCUT2D eigenvalue weighted by molar-refractivity contribution is -0.133. The third-order valence-electron chi connectivity index (χ3n) is 3.26. The van der Waals surface area contributed by atoms with Gasteiger partial charge in [-0.25, -0.2) is 10.8 Å². The second-order valence-electron chi connectivity index (χ2n) is 4.66. The number of H-pyrrole nitrogens is 1. The first-order chi connectivity index (χ1) is 9.60. The van der Waals surface area contributed by atoms with Crippen LogP contribution >= 0.6 is 11.8 Å². The van der Waals surface area contributed by atoms with Crippen LogP contribution in [0.1, 0.15) is 18.7 Å². The van der Waals surface area contributed by atoms with Crippen LogP contribution < -0.4 is 11.3 Å². The highest BCUT2D eigenvalue weighted by Crippen LogP contribution is 2.19. The smallest absolute Gasteiger partial charge is 0.237 e. The van der Waals surface area contributed by atoms with Gasteiger partial charge in [-0.1, -0.05) is 11.8 Å². The molecule has 20 heavy (non-hydrogen) atoms. The van der Waals surface area contributed by atoms with Crippen LogP contribution in [0.2, 0.25) is 0 Å². The van der Waals surface area contributed by atoms with E-state index in [2.05, 4.69) is 20.6 Å². The van der Waals surface area contributed by atoms with Crippen molar-refractivity contribution in [1.82, 2.24) is 25.5 Å². The molecule has 0 unspecified atom stereocenters. The Hall–Kier alpha value is -1.61. The fourth-order valence-corrected chi connectivity index (χ4v) is 2.86. The zero-order valence-electron chi connectivity index (χ0n) is 11.3. The second kappa shape index (κ2) is 6.71. The molecule has 0 aromatic carbocycles. The highest BCUT2D eigenvalue weighted by Gasteiger charge is 2.26. The number of likely N-dealkylation sites (tertiary alicyclic amines) is 1. The van der Waals surface area contributed by atoms with E-state index in [1.165, 1.54) is 11.8 Å². The largest absolute Gasteiger partial charge is 0.342 e. The molecule has 1 aliphatic heterocycles. The molecule has 0 spiro atoms. The predicted octanol–water partition coefficient (Wildman–Crippen LogP) is -0.566. The van der Waals surface area contributed by atoms with Crippen LogP contribution in [0.3, 0.4) is 0 Å². The third-order valence-corrected chi connectivity index (χ3v) is 4.09. The number of nitrogens with zero attached hydrogens (tertiary/aromatic N) is 3. The summed E-state index contributed by atoms with van der Waals surface area (Å²) in [7, 11) is 0. The quantitative estimate of drug-likeness (QED) is 0.297. The molecule has 9 heteroatoms. The fourth-order valence-electron chi connectivity index (χ4n) is 2.11. The number of aromatic nitrogens is 3. The third kappa shape index (κ3) is 3.70. The number of amides is 2. The Bertz CT molecular complexity index is 483. The maximum absolute atomic E-state index is 12.0. The molecule has 0 saturated carbocycles. The summed E-state index contributed by atoms with van der Waals surface area (Å²) >= 11 is 1.31. The van der Waals surface area contributed by atoms with E-state index in [0.717, 1.165) is 5.82 Å². The number of carbonyl (C=O) groups is 2. The normalized spacial score (nSPS) is 16.2. The van der Waals surface area contributed by atoms with Crippen molar-refractivity contribution in [2.45, 2.75) is 24.9 Å². The molecule has 1 aromatic heterocycles. The van der Waals surface area contributed by atoms with E-state index >= 15 is 0 Å². The summed E-state index contributed by atoms with van der Waals surface area (Å²) < 4.78 is 0. The lowest BCUT2D eigenvalue weighted by atomic mass is 9.96. The molecule has 2 amide bonds. The van der Waals surface area contributed by atoms with Crippen molar-refractivity contribution in [2.24, 2.45) is 11.8 Å². The van der Waals surface area contributed by atoms with Crippen LogP contribution in [0.25, 0.3) is 0 Å². The lowest BCUT2D eigenvalue weighted by Gasteiger charge is -2.30. The van der Waals surface area contributed by atoms with E-state index in [4.69, 9.17) is 5.84 Å². The number of aromatic amines is 1. The first-order valence-corrected chi connectivity index (χ1v) is 7.38. The number of nitrogens with two attached hydrogens (primary N) is 1. The average Bonchev–Trinajstić information content (AvgIpc) is 2.89. The number of piperidine rings is 1. The molecular formula is C11H18N6O2S. The van der Waals surface area contributed by atoms with Gasteiger partial charge in [0.1, 0.15) is 5.82 Å². The molecule has 8 nitrogen and oxygen atoms in total. The minimum atomic E-state index is -0.150. The van der Waals surface area contributed by atoms with Crippen LogP contribution in [-0.2, 0) is 9.59 Å². The molecule has 110 valence electrons. The van der Waals surface area contributed by atoms with Crippen molar-refractivity contribution < 1.29 is 9.59 Å². The van der Waals surface area contributed by atoms with Gasteiger partial charge in [0.25, 0.3) is 0 Å². The molecule has 2 heterocycles. The van der Waals surface area contributed by atoms with E-state index in [9.17, 15) is 9.59 Å². The van der Waals surface area contributed by atoms with Crippen LogP contribution in [-0.4, -0.2) is 50.7 Å². The minimum absolute atomic E-state index is 0.0454. The molecule has 0 bridgehead atoms. The Morgan fingerprint density at radius 1 is 1.50 bits per heavy atom. The molecule has 1 saturated heterocycles. The van der Waals surface area contributed by atoms with Gasteiger partial charge in [0.15, 0.2) is 0 Å². The summed E-state index contributed by atoms with van der Waals surface area (Å²) in [5.74, 6) is 5.96. The van der Waals surface area contributed by atoms with Gasteiger partial charge >= 0.3 is 0 Å². The Morgan fingerprint density at radius 3 is 2.75 bits per heavy atom. The van der Waals surface area contributed by atoms with Crippen molar-refractivity contribution >= 4 is 23.6 Å². The molecule has 0 radical (unpaired) electrons. The summed E-state index contributed by atoms with van der Waals surface area (Å²) in [6, 6.07) is 0. The number of rotatable bonds is 4. The SMILES string of the molecule is Cc1nc(SCC(=O)N2CCC(C(=O)NN)CC2)n[nH]1. The highest BCUT2D eigenvalue weighted by atomic mass is 32.2. The number of hydrazine groups is 1. The van der Waals surface area contributed by atoms with Gasteiger partial charge in [-0.15, -0.1) is 5.10 Å². The molecule has 1 aliphatic rings. The Labute approximate surface area is 120 Å². The second-order valence-corrected chi connectivity index (χ2v) is 5.60. The maximum Gasteiger partial charge on any atom is 0.237 e. The van der Waals surface area contributed by atoms with Crippen molar-refractivity contribution in [3.8, 4) is 0 Å². The highest BCUT2D eigenvalue weighted by molar-refractivity contribution is 7.99. The number of carbonyl (C=O) groups excluding carboxylic acids is 2. The van der Waals surface area contributed by atoms with Crippen molar-refractivity contribution in [2.75, 3.05) is 18.8 Å². The summed E-state index contributed by atoms with van der Waals surface area (Å²) in [5, 5.41) is 7.28. The number of hydrogen-bond acceptors (Lipinski definition) is 6. The molecule has 1 fully saturated rings. The monoisotopic (exact) mass is 298 g/mol. The zero-order chi connectivity index (χ0) is 14.5. The number of nitrogens with one attached hydrogen (secondary N) is 2. The standard InChI is InChI=1S/C11H18N6O2S/c1-7-13-11(16-15-7)20-6-9(18)17-4-2-8(3-5-17)10(19)14-12/h8H,2-6,12H2,1H3,(H,14,19)(H,13,15,16). The molecule has 0 atom stereocenters. The average molecular weight is 298 g/mol. The minimum Gasteiger partial charge on any atom is -0.342 e. The van der Waals surface area contributed by atoms with Gasteiger partial charge in [0.2, 0.25) is 17.0 Å². The Kier molecular flexibility index (Phi) is 4.96. The van der Waals surface area contributed by atoms with Crippen molar-refractivity contribution in [3.63, 3.8) is 0 Å². The van der Waals surface area contributed by atoms with E-state index in [0.29, 0.717) is 36.8 Å². The molecule has 2 rings (SSSR count).